The topological polar surface area (TPSA) is 68.1 Å². The highest BCUT2D eigenvalue weighted by molar-refractivity contribution is 6.32. The molecule has 0 aliphatic heterocycles. The predicted octanol–water partition coefficient (Wildman–Crippen LogP) is 5.56. The van der Waals surface area contributed by atoms with Crippen LogP contribution in [0.5, 0.6) is 5.75 Å². The molecule has 0 bridgehead atoms. The van der Waals surface area contributed by atoms with Crippen LogP contribution in [0.25, 0.3) is 10.8 Å². The molecule has 0 saturated heterocycles. The van der Waals surface area contributed by atoms with Gasteiger partial charge in [0.25, 0.3) is 5.56 Å². The van der Waals surface area contributed by atoms with Gasteiger partial charge in [-0.05, 0) is 72.9 Å². The highest BCUT2D eigenvalue weighted by Crippen LogP contribution is 2.45. The van der Waals surface area contributed by atoms with Gasteiger partial charge in [-0.2, -0.15) is 0 Å². The zero-order valence-corrected chi connectivity index (χ0v) is 18.6. The lowest BCUT2D eigenvalue weighted by molar-refractivity contribution is 0.0958. The number of ether oxygens (including phenoxy) is 1. The molecule has 164 valence electrons. The van der Waals surface area contributed by atoms with Crippen LogP contribution >= 0.6 is 11.6 Å². The van der Waals surface area contributed by atoms with Crippen LogP contribution < -0.4 is 16.0 Å². The number of halogens is 2. The van der Waals surface area contributed by atoms with Gasteiger partial charge in [-0.1, -0.05) is 37.6 Å². The van der Waals surface area contributed by atoms with E-state index in [9.17, 15) is 9.18 Å². The molecule has 1 atom stereocenters. The van der Waals surface area contributed by atoms with Gasteiger partial charge in [-0.25, -0.2) is 4.39 Å². The molecule has 0 amide bonds. The van der Waals surface area contributed by atoms with Gasteiger partial charge in [0.1, 0.15) is 11.6 Å². The number of hydrogen-bond donors (Lipinski definition) is 2. The number of rotatable bonds is 5. The van der Waals surface area contributed by atoms with Crippen molar-refractivity contribution in [2.45, 2.75) is 57.1 Å². The Kier molecular flexibility index (Phi) is 6.09. The molecule has 3 aromatic rings. The largest absolute Gasteiger partial charge is 0.489 e. The zero-order chi connectivity index (χ0) is 22.2. The van der Waals surface area contributed by atoms with Crippen LogP contribution in [0.1, 0.15) is 45.1 Å². The molecule has 2 aromatic carbocycles. The summed E-state index contributed by atoms with van der Waals surface area (Å²) in [5.74, 6) is 0.654. The fourth-order valence-electron chi connectivity index (χ4n) is 4.92. The molecule has 1 saturated carbocycles. The maximum Gasteiger partial charge on any atom is 0.255 e. The maximum atomic E-state index is 13.5. The summed E-state index contributed by atoms with van der Waals surface area (Å²) in [7, 11) is 0. The average molecular weight is 443 g/mol. The minimum atomic E-state index is -0.237. The van der Waals surface area contributed by atoms with E-state index >= 15 is 0 Å². The summed E-state index contributed by atoms with van der Waals surface area (Å²) in [6.07, 6.45) is 4.97. The number of aromatic nitrogens is 1. The minimum Gasteiger partial charge on any atom is -0.489 e. The fourth-order valence-corrected chi connectivity index (χ4v) is 5.13. The number of pyridine rings is 1. The molecule has 3 N–H and O–H groups in total. The monoisotopic (exact) mass is 442 g/mol. The number of nitrogens with two attached hydrogens (primary N) is 1. The molecule has 0 spiro atoms. The van der Waals surface area contributed by atoms with E-state index in [-0.39, 0.29) is 28.9 Å². The highest BCUT2D eigenvalue weighted by Gasteiger charge is 2.43. The van der Waals surface area contributed by atoms with Crippen LogP contribution in [0, 0.1) is 11.7 Å². The second kappa shape index (κ2) is 8.64. The highest BCUT2D eigenvalue weighted by atomic mass is 35.5. The third-order valence-electron chi connectivity index (χ3n) is 6.72. The molecule has 6 heteroatoms. The van der Waals surface area contributed by atoms with E-state index in [1.165, 1.54) is 12.1 Å². The van der Waals surface area contributed by atoms with E-state index in [0.717, 1.165) is 36.6 Å². The molecule has 1 aliphatic carbocycles. The van der Waals surface area contributed by atoms with E-state index in [2.05, 4.69) is 18.8 Å². The summed E-state index contributed by atoms with van der Waals surface area (Å²) in [4.78, 5) is 14.6. The third kappa shape index (κ3) is 4.21. The van der Waals surface area contributed by atoms with Crippen LogP contribution in [0.2, 0.25) is 5.02 Å². The average Bonchev–Trinajstić information content (AvgIpc) is 2.76. The summed E-state index contributed by atoms with van der Waals surface area (Å²) in [5.41, 5.74) is 7.42. The van der Waals surface area contributed by atoms with Gasteiger partial charge in [-0.15, -0.1) is 0 Å². The first-order chi connectivity index (χ1) is 14.8. The minimum absolute atomic E-state index is 0.00452. The van der Waals surface area contributed by atoms with E-state index in [0.29, 0.717) is 22.1 Å². The summed E-state index contributed by atoms with van der Waals surface area (Å²) in [6, 6.07) is 12.1. The van der Waals surface area contributed by atoms with E-state index in [1.54, 1.807) is 12.3 Å². The van der Waals surface area contributed by atoms with Crippen molar-refractivity contribution < 1.29 is 9.13 Å². The Morgan fingerprint density at radius 1 is 1.16 bits per heavy atom. The standard InChI is InChI=1S/C25H28ClFN2O2/c1-15(2)23(28)25(17-3-5-18(27)6-4-17)10-7-19(8-11-25)31-22-13-16-9-12-29-24(30)20(16)14-21(22)26/h3-6,9,12-15,19,23H,7-8,10-11,28H2,1-2H3,(H,29,30)/t19-,23?,25+. The first kappa shape index (κ1) is 21.8. The molecule has 4 rings (SSSR count). The Labute approximate surface area is 186 Å². The fraction of sp³-hybridized carbons (Fsp3) is 0.400. The number of aromatic amines is 1. The van der Waals surface area contributed by atoms with Crippen molar-refractivity contribution in [3.8, 4) is 5.75 Å². The Bertz CT molecular complexity index is 1120. The van der Waals surface area contributed by atoms with Crippen LogP contribution in [-0.4, -0.2) is 17.1 Å². The molecule has 0 radical (unpaired) electrons. The van der Waals surface area contributed by atoms with E-state index in [4.69, 9.17) is 22.1 Å². The van der Waals surface area contributed by atoms with Crippen LogP contribution in [0.4, 0.5) is 4.39 Å². The van der Waals surface area contributed by atoms with Gasteiger partial charge < -0.3 is 15.5 Å². The lowest BCUT2D eigenvalue weighted by Crippen LogP contribution is -2.51. The Hall–Kier alpha value is -2.37. The first-order valence-corrected chi connectivity index (χ1v) is 11.2. The van der Waals surface area contributed by atoms with Crippen molar-refractivity contribution in [2.75, 3.05) is 0 Å². The van der Waals surface area contributed by atoms with Crippen LogP contribution in [0.15, 0.2) is 53.5 Å². The molecule has 1 unspecified atom stereocenters. The Morgan fingerprint density at radius 3 is 2.48 bits per heavy atom. The van der Waals surface area contributed by atoms with Crippen LogP contribution in [-0.2, 0) is 5.41 Å². The first-order valence-electron chi connectivity index (χ1n) is 10.8. The maximum absolute atomic E-state index is 13.5. The second-order valence-electron chi connectivity index (χ2n) is 8.93. The molecule has 31 heavy (non-hydrogen) atoms. The van der Waals surface area contributed by atoms with Gasteiger partial charge in [0.15, 0.2) is 0 Å². The van der Waals surface area contributed by atoms with Gasteiger partial charge in [0.05, 0.1) is 11.1 Å². The lowest BCUT2D eigenvalue weighted by atomic mass is 9.62. The van der Waals surface area contributed by atoms with Gasteiger partial charge in [0, 0.05) is 23.0 Å². The SMILES string of the molecule is CC(C)C(N)[C@]1(c2ccc(F)cc2)CC[C@H](Oc2cc3cc[nH]c(=O)c3cc2Cl)CC1. The summed E-state index contributed by atoms with van der Waals surface area (Å²) in [5, 5.41) is 1.77. The smallest absolute Gasteiger partial charge is 0.255 e. The molecule has 1 aromatic heterocycles. The summed E-state index contributed by atoms with van der Waals surface area (Å²) < 4.78 is 19.8. The molecular weight excluding hydrogens is 415 g/mol. The predicted molar refractivity (Wildman–Crippen MR) is 123 cm³/mol. The lowest BCUT2D eigenvalue weighted by Gasteiger charge is -2.46. The number of fused-ring (bicyclic) bond motifs is 1. The third-order valence-corrected chi connectivity index (χ3v) is 7.02. The van der Waals surface area contributed by atoms with Crippen LogP contribution in [0.3, 0.4) is 0 Å². The van der Waals surface area contributed by atoms with Gasteiger partial charge in [0.2, 0.25) is 0 Å². The molecule has 1 aliphatic rings. The number of H-pyrrole nitrogens is 1. The van der Waals surface area contributed by atoms with Gasteiger partial charge in [-0.3, -0.25) is 4.79 Å². The second-order valence-corrected chi connectivity index (χ2v) is 9.33. The quantitative estimate of drug-likeness (QED) is 0.543. The van der Waals surface area contributed by atoms with Gasteiger partial charge >= 0.3 is 0 Å². The Morgan fingerprint density at radius 2 is 1.84 bits per heavy atom. The molecule has 4 nitrogen and oxygen atoms in total. The van der Waals surface area contributed by atoms with Crippen molar-refractivity contribution in [3.63, 3.8) is 0 Å². The number of hydrogen-bond acceptors (Lipinski definition) is 3. The van der Waals surface area contributed by atoms with Crippen molar-refractivity contribution in [2.24, 2.45) is 11.7 Å². The summed E-state index contributed by atoms with van der Waals surface area (Å²) in [6.45, 7) is 4.27. The molecule has 1 heterocycles. The van der Waals surface area contributed by atoms with Crippen molar-refractivity contribution in [1.82, 2.24) is 4.98 Å². The number of benzene rings is 2. The van der Waals surface area contributed by atoms with E-state index < -0.39 is 0 Å². The zero-order valence-electron chi connectivity index (χ0n) is 17.8. The molecular formula is C25H28ClFN2O2. The van der Waals surface area contributed by atoms with Crippen molar-refractivity contribution >= 4 is 22.4 Å². The Balaban J connectivity index is 1.56. The number of nitrogens with one attached hydrogen (secondary N) is 1. The summed E-state index contributed by atoms with van der Waals surface area (Å²) >= 11 is 6.42. The normalized spacial score (nSPS) is 22.6. The van der Waals surface area contributed by atoms with Crippen molar-refractivity contribution in [3.05, 3.63) is 75.4 Å². The molecule has 1 fully saturated rings. The van der Waals surface area contributed by atoms with Crippen molar-refractivity contribution in [1.29, 1.82) is 0 Å². The van der Waals surface area contributed by atoms with E-state index in [1.807, 2.05) is 24.3 Å².